The van der Waals surface area contributed by atoms with Crippen molar-refractivity contribution in [3.05, 3.63) is 0 Å². The van der Waals surface area contributed by atoms with Crippen LogP contribution in [0.15, 0.2) is 0 Å². The zero-order valence-electron chi connectivity index (χ0n) is 14.9. The van der Waals surface area contributed by atoms with Crippen molar-refractivity contribution in [1.82, 2.24) is 16.0 Å². The van der Waals surface area contributed by atoms with Crippen molar-refractivity contribution in [3.8, 4) is 0 Å². The van der Waals surface area contributed by atoms with E-state index in [-0.39, 0.29) is 29.9 Å². The van der Waals surface area contributed by atoms with Crippen LogP contribution >= 0.6 is 0 Å². The normalized spacial score (nSPS) is 26.0. The predicted molar refractivity (Wildman–Crippen MR) is 92.1 cm³/mol. The van der Waals surface area contributed by atoms with E-state index in [4.69, 9.17) is 0 Å². The van der Waals surface area contributed by atoms with Gasteiger partial charge in [0.1, 0.15) is 0 Å². The first-order chi connectivity index (χ1) is 10.9. The summed E-state index contributed by atoms with van der Waals surface area (Å²) in [5.41, 5.74) is 0.244. The van der Waals surface area contributed by atoms with Crippen LogP contribution in [0.1, 0.15) is 72.1 Å². The fourth-order valence-corrected chi connectivity index (χ4v) is 4.10. The molecule has 0 aromatic rings. The van der Waals surface area contributed by atoms with Crippen LogP contribution in [0.5, 0.6) is 0 Å². The van der Waals surface area contributed by atoms with E-state index >= 15 is 0 Å². The molecule has 3 amide bonds. The van der Waals surface area contributed by atoms with E-state index in [1.165, 1.54) is 19.3 Å². The summed E-state index contributed by atoms with van der Waals surface area (Å²) in [5, 5.41) is 8.72. The molecule has 0 saturated heterocycles. The minimum Gasteiger partial charge on any atom is -0.335 e. The summed E-state index contributed by atoms with van der Waals surface area (Å²) in [5.74, 6) is 0.343. The molecule has 5 heteroatoms. The number of rotatable bonds is 4. The number of imide groups is 1. The van der Waals surface area contributed by atoms with Gasteiger partial charge in [0.05, 0.1) is 6.54 Å². The zero-order chi connectivity index (χ0) is 16.9. The Morgan fingerprint density at radius 2 is 1.57 bits per heavy atom. The van der Waals surface area contributed by atoms with Crippen LogP contribution in [0.4, 0.5) is 4.79 Å². The van der Waals surface area contributed by atoms with E-state index in [9.17, 15) is 9.59 Å². The molecule has 132 valence electrons. The standard InChI is InChI=1S/C18H33N3O2/c1-18(2,3)14-10-6-7-11-15(14)19-12-16(22)21-17(23)20-13-8-4-5-9-13/h13-15,19H,4-12H2,1-3H3,(H2,20,21,22,23). The van der Waals surface area contributed by atoms with E-state index in [1.54, 1.807) is 0 Å². The van der Waals surface area contributed by atoms with Crippen molar-refractivity contribution in [2.45, 2.75) is 84.2 Å². The lowest BCUT2D eigenvalue weighted by Gasteiger charge is -2.40. The van der Waals surface area contributed by atoms with Crippen LogP contribution in [0, 0.1) is 11.3 Å². The fraction of sp³-hybridized carbons (Fsp3) is 0.889. The van der Waals surface area contributed by atoms with Gasteiger partial charge < -0.3 is 10.6 Å². The Morgan fingerprint density at radius 1 is 0.957 bits per heavy atom. The summed E-state index contributed by atoms with van der Waals surface area (Å²) >= 11 is 0. The van der Waals surface area contributed by atoms with Gasteiger partial charge in [-0.25, -0.2) is 4.79 Å². The highest BCUT2D eigenvalue weighted by atomic mass is 16.2. The Bertz CT molecular complexity index is 411. The largest absolute Gasteiger partial charge is 0.335 e. The molecule has 0 aliphatic heterocycles. The highest BCUT2D eigenvalue weighted by Gasteiger charge is 2.34. The summed E-state index contributed by atoms with van der Waals surface area (Å²) in [6.45, 7) is 7.03. The molecule has 2 aliphatic rings. The van der Waals surface area contributed by atoms with Crippen LogP contribution in [-0.2, 0) is 4.79 Å². The van der Waals surface area contributed by atoms with E-state index < -0.39 is 0 Å². The van der Waals surface area contributed by atoms with Crippen molar-refractivity contribution in [2.75, 3.05) is 6.54 Å². The summed E-state index contributed by atoms with van der Waals surface area (Å²) in [6, 6.07) is 0.256. The SMILES string of the molecule is CC(C)(C)C1CCCCC1NCC(=O)NC(=O)NC1CCCC1. The highest BCUT2D eigenvalue weighted by Crippen LogP contribution is 2.37. The second-order valence-corrected chi connectivity index (χ2v) is 8.25. The highest BCUT2D eigenvalue weighted by molar-refractivity contribution is 5.95. The minimum atomic E-state index is -0.347. The van der Waals surface area contributed by atoms with Crippen LogP contribution in [0.2, 0.25) is 0 Å². The van der Waals surface area contributed by atoms with Crippen LogP contribution in [-0.4, -0.2) is 30.6 Å². The molecule has 2 aliphatic carbocycles. The van der Waals surface area contributed by atoms with E-state index in [2.05, 4.69) is 36.7 Å². The quantitative estimate of drug-likeness (QED) is 0.745. The molecule has 2 saturated carbocycles. The maximum Gasteiger partial charge on any atom is 0.321 e. The Hall–Kier alpha value is -1.10. The average Bonchev–Trinajstić information content (AvgIpc) is 2.97. The smallest absolute Gasteiger partial charge is 0.321 e. The van der Waals surface area contributed by atoms with Crippen LogP contribution in [0.3, 0.4) is 0 Å². The molecular formula is C18H33N3O2. The number of carbonyl (C=O) groups is 2. The summed E-state index contributed by atoms with van der Waals surface area (Å²) < 4.78 is 0. The van der Waals surface area contributed by atoms with Gasteiger partial charge in [0.2, 0.25) is 5.91 Å². The maximum absolute atomic E-state index is 12.0. The number of hydrogen-bond acceptors (Lipinski definition) is 3. The van der Waals surface area contributed by atoms with Crippen molar-refractivity contribution in [3.63, 3.8) is 0 Å². The lowest BCUT2D eigenvalue weighted by molar-refractivity contribution is -0.119. The van der Waals surface area contributed by atoms with Gasteiger partial charge in [-0.3, -0.25) is 10.1 Å². The average molecular weight is 323 g/mol. The summed E-state index contributed by atoms with van der Waals surface area (Å²) in [7, 11) is 0. The maximum atomic E-state index is 12.0. The van der Waals surface area contributed by atoms with Crippen molar-refractivity contribution >= 4 is 11.9 Å². The van der Waals surface area contributed by atoms with Gasteiger partial charge in [0, 0.05) is 12.1 Å². The number of amides is 3. The van der Waals surface area contributed by atoms with Crippen LogP contribution in [0.25, 0.3) is 0 Å². The number of urea groups is 1. The Morgan fingerprint density at radius 3 is 2.22 bits per heavy atom. The zero-order valence-corrected chi connectivity index (χ0v) is 14.9. The lowest BCUT2D eigenvalue weighted by atomic mass is 9.69. The third kappa shape index (κ3) is 5.79. The molecule has 2 atom stereocenters. The molecule has 5 nitrogen and oxygen atoms in total. The summed E-state index contributed by atoms with van der Waals surface area (Å²) in [6.07, 6.45) is 9.19. The second kappa shape index (κ2) is 8.13. The lowest BCUT2D eigenvalue weighted by Crippen LogP contribution is -2.50. The number of nitrogens with one attached hydrogen (secondary N) is 3. The second-order valence-electron chi connectivity index (χ2n) is 8.25. The molecular weight excluding hydrogens is 290 g/mol. The molecule has 0 spiro atoms. The number of hydrogen-bond donors (Lipinski definition) is 3. The molecule has 0 aromatic carbocycles. The first kappa shape index (κ1) is 18.2. The molecule has 2 unspecified atom stereocenters. The third-order valence-corrected chi connectivity index (χ3v) is 5.35. The Labute approximate surface area is 140 Å². The van der Waals surface area contributed by atoms with Gasteiger partial charge in [-0.1, -0.05) is 46.5 Å². The van der Waals surface area contributed by atoms with Crippen LogP contribution < -0.4 is 16.0 Å². The summed E-state index contributed by atoms with van der Waals surface area (Å²) in [4.78, 5) is 23.8. The molecule has 2 fully saturated rings. The van der Waals surface area contributed by atoms with Crippen molar-refractivity contribution in [1.29, 1.82) is 0 Å². The van der Waals surface area contributed by atoms with Gasteiger partial charge in [0.15, 0.2) is 0 Å². The monoisotopic (exact) mass is 323 g/mol. The molecule has 2 rings (SSSR count). The minimum absolute atomic E-state index is 0.218. The Balaban J connectivity index is 1.73. The van der Waals surface area contributed by atoms with E-state index in [0.717, 1.165) is 32.1 Å². The topological polar surface area (TPSA) is 70.2 Å². The van der Waals surface area contributed by atoms with Gasteiger partial charge in [-0.15, -0.1) is 0 Å². The van der Waals surface area contributed by atoms with Gasteiger partial charge in [-0.2, -0.15) is 0 Å². The predicted octanol–water partition coefficient (Wildman–Crippen LogP) is 2.95. The molecule has 23 heavy (non-hydrogen) atoms. The third-order valence-electron chi connectivity index (χ3n) is 5.35. The molecule has 3 N–H and O–H groups in total. The molecule has 0 radical (unpaired) electrons. The van der Waals surface area contributed by atoms with Gasteiger partial charge >= 0.3 is 6.03 Å². The fourth-order valence-electron chi connectivity index (χ4n) is 4.10. The molecule has 0 heterocycles. The van der Waals surface area contributed by atoms with E-state index in [1.807, 2.05) is 0 Å². The molecule has 0 aromatic heterocycles. The first-order valence-electron chi connectivity index (χ1n) is 9.20. The van der Waals surface area contributed by atoms with Gasteiger partial charge in [0.25, 0.3) is 0 Å². The molecule has 0 bridgehead atoms. The van der Waals surface area contributed by atoms with Crippen molar-refractivity contribution in [2.24, 2.45) is 11.3 Å². The Kier molecular flexibility index (Phi) is 6.45. The first-order valence-corrected chi connectivity index (χ1v) is 9.20. The number of carbonyl (C=O) groups excluding carboxylic acids is 2. The van der Waals surface area contributed by atoms with Gasteiger partial charge in [-0.05, 0) is 37.0 Å². The van der Waals surface area contributed by atoms with Crippen molar-refractivity contribution < 1.29 is 9.59 Å². The van der Waals surface area contributed by atoms with E-state index in [0.29, 0.717) is 12.0 Å².